The number of hydrogen-bond donors (Lipinski definition) is 2. The van der Waals surface area contributed by atoms with Gasteiger partial charge in [0.1, 0.15) is 5.60 Å². The lowest BCUT2D eigenvalue weighted by molar-refractivity contribution is -0.160. The number of nitrogens with one attached hydrogen (secondary N) is 2. The minimum absolute atomic E-state index is 0.118. The van der Waals surface area contributed by atoms with E-state index in [1.807, 2.05) is 4.90 Å². The molecule has 2 saturated heterocycles. The van der Waals surface area contributed by atoms with Gasteiger partial charge in [-0.2, -0.15) is 0 Å². The van der Waals surface area contributed by atoms with Crippen molar-refractivity contribution >= 4 is 11.8 Å². The predicted octanol–water partition coefficient (Wildman–Crippen LogP) is 0.594. The van der Waals surface area contributed by atoms with Gasteiger partial charge in [-0.3, -0.25) is 14.5 Å². The maximum atomic E-state index is 13.0. The number of rotatable bonds is 5. The lowest BCUT2D eigenvalue weighted by atomic mass is 9.87. The van der Waals surface area contributed by atoms with E-state index in [9.17, 15) is 9.59 Å². The molecule has 154 valence electrons. The maximum Gasteiger partial charge on any atom is 0.254 e. The van der Waals surface area contributed by atoms with Gasteiger partial charge in [-0.15, -0.1) is 0 Å². The highest BCUT2D eigenvalue weighted by atomic mass is 16.5. The van der Waals surface area contributed by atoms with E-state index in [1.54, 1.807) is 7.11 Å². The van der Waals surface area contributed by atoms with Crippen molar-refractivity contribution in [1.82, 2.24) is 20.4 Å². The maximum absolute atomic E-state index is 13.0. The Bertz CT molecular complexity index is 505. The molecule has 0 radical (unpaired) electrons. The summed E-state index contributed by atoms with van der Waals surface area (Å²) in [5, 5.41) is 6.49. The van der Waals surface area contributed by atoms with E-state index in [1.165, 1.54) is 12.8 Å². The van der Waals surface area contributed by atoms with Gasteiger partial charge >= 0.3 is 0 Å². The van der Waals surface area contributed by atoms with Crippen molar-refractivity contribution in [1.29, 1.82) is 0 Å². The highest BCUT2D eigenvalue weighted by Crippen LogP contribution is 2.26. The molecule has 0 aromatic rings. The van der Waals surface area contributed by atoms with E-state index in [4.69, 9.17) is 4.74 Å². The predicted molar refractivity (Wildman–Crippen MR) is 104 cm³/mol. The summed E-state index contributed by atoms with van der Waals surface area (Å²) in [6, 6.07) is 0.345. The first kappa shape index (κ1) is 20.6. The van der Waals surface area contributed by atoms with Crippen molar-refractivity contribution in [3.63, 3.8) is 0 Å². The molecule has 1 aliphatic carbocycles. The van der Waals surface area contributed by atoms with Gasteiger partial charge in [0.2, 0.25) is 5.91 Å². The van der Waals surface area contributed by atoms with Gasteiger partial charge in [-0.05, 0) is 57.5 Å². The van der Waals surface area contributed by atoms with Crippen LogP contribution < -0.4 is 10.6 Å². The molecular formula is C20H36N4O3. The highest BCUT2D eigenvalue weighted by Gasteiger charge is 2.43. The quantitative estimate of drug-likeness (QED) is 0.730. The second-order valence-corrected chi connectivity index (χ2v) is 8.54. The molecular weight excluding hydrogens is 344 g/mol. The molecule has 2 N–H and O–H groups in total. The Labute approximate surface area is 163 Å². The molecule has 3 rings (SSSR count). The van der Waals surface area contributed by atoms with Gasteiger partial charge in [-0.1, -0.05) is 6.92 Å². The van der Waals surface area contributed by atoms with E-state index in [0.29, 0.717) is 25.7 Å². The third kappa shape index (κ3) is 5.21. The van der Waals surface area contributed by atoms with Crippen molar-refractivity contribution < 1.29 is 14.3 Å². The van der Waals surface area contributed by atoms with Gasteiger partial charge in [0.05, 0.1) is 6.54 Å². The smallest absolute Gasteiger partial charge is 0.254 e. The lowest BCUT2D eigenvalue weighted by Crippen LogP contribution is -2.59. The molecule has 27 heavy (non-hydrogen) atoms. The fraction of sp³-hybridized carbons (Fsp3) is 0.900. The monoisotopic (exact) mass is 380 g/mol. The van der Waals surface area contributed by atoms with Gasteiger partial charge in [-0.25, -0.2) is 0 Å². The molecule has 7 nitrogen and oxygen atoms in total. The van der Waals surface area contributed by atoms with E-state index in [2.05, 4.69) is 22.5 Å². The summed E-state index contributed by atoms with van der Waals surface area (Å²) >= 11 is 0. The Morgan fingerprint density at radius 1 is 1.07 bits per heavy atom. The van der Waals surface area contributed by atoms with Crippen LogP contribution in [0.2, 0.25) is 0 Å². The molecule has 0 bridgehead atoms. The fourth-order valence-electron chi connectivity index (χ4n) is 4.61. The first-order valence-corrected chi connectivity index (χ1v) is 10.6. The minimum Gasteiger partial charge on any atom is -0.368 e. The summed E-state index contributed by atoms with van der Waals surface area (Å²) in [6.07, 6.45) is 6.08. The fourth-order valence-corrected chi connectivity index (χ4v) is 4.61. The van der Waals surface area contributed by atoms with Crippen LogP contribution in [0.1, 0.15) is 45.4 Å². The van der Waals surface area contributed by atoms with Crippen molar-refractivity contribution in [2.75, 3.05) is 52.9 Å². The number of carbonyl (C=O) groups excluding carboxylic acids is 2. The van der Waals surface area contributed by atoms with Crippen LogP contribution >= 0.6 is 0 Å². The standard InChI is InChI=1S/C20H36N4O3/c1-16-3-5-17(6-4-16)22-18(25)15-23-11-13-24(14-12-23)19(26)20(27-2)7-9-21-10-8-20/h16-17,21H,3-15H2,1-2H3,(H,22,25). The zero-order valence-corrected chi connectivity index (χ0v) is 17.0. The van der Waals surface area contributed by atoms with Gasteiger partial charge < -0.3 is 20.3 Å². The first-order chi connectivity index (χ1) is 13.0. The Kier molecular flexibility index (Phi) is 7.11. The van der Waals surface area contributed by atoms with Crippen molar-refractivity contribution in [3.05, 3.63) is 0 Å². The summed E-state index contributed by atoms with van der Waals surface area (Å²) in [5.41, 5.74) is -0.664. The summed E-state index contributed by atoms with van der Waals surface area (Å²) in [6.45, 7) is 7.21. The number of nitrogens with zero attached hydrogens (tertiary/aromatic N) is 2. The van der Waals surface area contributed by atoms with Crippen LogP contribution in [0.15, 0.2) is 0 Å². The molecule has 3 fully saturated rings. The van der Waals surface area contributed by atoms with E-state index >= 15 is 0 Å². The summed E-state index contributed by atoms with van der Waals surface area (Å²) in [7, 11) is 1.65. The highest BCUT2D eigenvalue weighted by molar-refractivity contribution is 5.85. The molecule has 3 aliphatic rings. The van der Waals surface area contributed by atoms with Crippen LogP contribution in [-0.4, -0.2) is 86.2 Å². The molecule has 0 aromatic heterocycles. The molecule has 0 atom stereocenters. The number of piperidine rings is 1. The summed E-state index contributed by atoms with van der Waals surface area (Å²) < 4.78 is 5.67. The minimum atomic E-state index is -0.664. The number of piperazine rings is 1. The SMILES string of the molecule is COC1(C(=O)N2CCN(CC(=O)NC3CCC(C)CC3)CC2)CCNCC1. The third-order valence-corrected chi connectivity index (χ3v) is 6.60. The second kappa shape index (κ2) is 9.34. The van der Waals surface area contributed by atoms with E-state index in [0.717, 1.165) is 57.8 Å². The van der Waals surface area contributed by atoms with Gasteiger partial charge in [0.15, 0.2) is 0 Å². The average molecular weight is 381 g/mol. The molecule has 2 amide bonds. The first-order valence-electron chi connectivity index (χ1n) is 10.6. The van der Waals surface area contributed by atoms with Crippen LogP contribution in [0.5, 0.6) is 0 Å². The van der Waals surface area contributed by atoms with Crippen LogP contribution in [-0.2, 0) is 14.3 Å². The van der Waals surface area contributed by atoms with Crippen LogP contribution in [0, 0.1) is 5.92 Å². The Morgan fingerprint density at radius 3 is 2.30 bits per heavy atom. The van der Waals surface area contributed by atoms with E-state index in [-0.39, 0.29) is 11.8 Å². The van der Waals surface area contributed by atoms with Gasteiger partial charge in [0, 0.05) is 39.3 Å². The van der Waals surface area contributed by atoms with Crippen molar-refractivity contribution in [2.24, 2.45) is 5.92 Å². The molecule has 7 heteroatoms. The molecule has 1 saturated carbocycles. The van der Waals surface area contributed by atoms with Gasteiger partial charge in [0.25, 0.3) is 5.91 Å². The summed E-state index contributed by atoms with van der Waals surface area (Å²) in [4.78, 5) is 29.4. The third-order valence-electron chi connectivity index (χ3n) is 6.60. The molecule has 2 heterocycles. The lowest BCUT2D eigenvalue weighted by Gasteiger charge is -2.42. The Morgan fingerprint density at radius 2 is 1.70 bits per heavy atom. The van der Waals surface area contributed by atoms with Crippen LogP contribution in [0.25, 0.3) is 0 Å². The zero-order chi connectivity index (χ0) is 19.3. The second-order valence-electron chi connectivity index (χ2n) is 8.54. The molecule has 0 aromatic carbocycles. The number of carbonyl (C=O) groups is 2. The molecule has 2 aliphatic heterocycles. The average Bonchev–Trinajstić information content (AvgIpc) is 2.70. The number of methoxy groups -OCH3 is 1. The van der Waals surface area contributed by atoms with Crippen LogP contribution in [0.3, 0.4) is 0 Å². The van der Waals surface area contributed by atoms with Crippen molar-refractivity contribution in [3.8, 4) is 0 Å². The molecule has 0 spiro atoms. The zero-order valence-electron chi connectivity index (χ0n) is 17.0. The Balaban J connectivity index is 1.42. The normalized spacial score (nSPS) is 29.3. The number of ether oxygens (including phenoxy) is 1. The summed E-state index contributed by atoms with van der Waals surface area (Å²) in [5.74, 6) is 1.03. The van der Waals surface area contributed by atoms with E-state index < -0.39 is 5.60 Å². The number of amides is 2. The van der Waals surface area contributed by atoms with Crippen LogP contribution in [0.4, 0.5) is 0 Å². The molecule has 0 unspecified atom stereocenters. The number of hydrogen-bond acceptors (Lipinski definition) is 5. The topological polar surface area (TPSA) is 73.9 Å². The largest absolute Gasteiger partial charge is 0.368 e. The Hall–Kier alpha value is -1.18. The van der Waals surface area contributed by atoms with Crippen molar-refractivity contribution in [2.45, 2.75) is 57.1 Å².